The third-order valence-electron chi connectivity index (χ3n) is 5.88. The summed E-state index contributed by atoms with van der Waals surface area (Å²) >= 11 is 0. The van der Waals surface area contributed by atoms with Crippen molar-refractivity contribution in [3.63, 3.8) is 0 Å². The second kappa shape index (κ2) is 6.94. The molecule has 0 N–H and O–H groups in total. The summed E-state index contributed by atoms with van der Waals surface area (Å²) in [5.41, 5.74) is 2.42. The predicted octanol–water partition coefficient (Wildman–Crippen LogP) is 3.93. The van der Waals surface area contributed by atoms with Crippen molar-refractivity contribution in [3.05, 3.63) is 29.8 Å². The van der Waals surface area contributed by atoms with Crippen LogP contribution in [-0.2, 0) is 11.3 Å². The number of nitrogens with zero attached hydrogens (tertiary/aromatic N) is 2. The molecule has 0 radical (unpaired) electrons. The summed E-state index contributed by atoms with van der Waals surface area (Å²) in [5.74, 6) is 2.77. The molecule has 2 saturated carbocycles. The maximum atomic E-state index is 12.7. The average molecular weight is 314 g/mol. The number of anilines is 1. The number of hydrogen-bond acceptors (Lipinski definition) is 2. The molecule has 0 heterocycles. The van der Waals surface area contributed by atoms with Crippen LogP contribution in [0.1, 0.15) is 44.6 Å². The van der Waals surface area contributed by atoms with Gasteiger partial charge in [-0.2, -0.15) is 0 Å². The van der Waals surface area contributed by atoms with Crippen molar-refractivity contribution in [1.82, 2.24) is 4.90 Å². The van der Waals surface area contributed by atoms with E-state index in [1.807, 2.05) is 19.0 Å². The summed E-state index contributed by atoms with van der Waals surface area (Å²) < 4.78 is 0. The molecule has 3 heteroatoms. The Labute approximate surface area is 140 Å². The fourth-order valence-electron chi connectivity index (χ4n) is 4.48. The van der Waals surface area contributed by atoms with Gasteiger partial charge in [-0.15, -0.1) is 0 Å². The predicted molar refractivity (Wildman–Crippen MR) is 95.4 cm³/mol. The normalized spacial score (nSPS) is 25.6. The summed E-state index contributed by atoms with van der Waals surface area (Å²) in [7, 11) is 4.10. The molecule has 2 aliphatic rings. The van der Waals surface area contributed by atoms with Gasteiger partial charge in [0.1, 0.15) is 0 Å². The van der Waals surface area contributed by atoms with Gasteiger partial charge in [0.05, 0.1) is 0 Å². The lowest BCUT2D eigenvalue weighted by molar-refractivity contribution is -0.133. The summed E-state index contributed by atoms with van der Waals surface area (Å²) in [4.78, 5) is 16.8. The smallest absolute Gasteiger partial charge is 0.223 e. The summed E-state index contributed by atoms with van der Waals surface area (Å²) in [6, 6.07) is 8.54. The lowest BCUT2D eigenvalue weighted by Crippen LogP contribution is -2.32. The van der Waals surface area contributed by atoms with Crippen LogP contribution in [0.15, 0.2) is 24.3 Å². The van der Waals surface area contributed by atoms with E-state index in [1.165, 1.54) is 36.9 Å². The third-order valence-corrected chi connectivity index (χ3v) is 5.88. The van der Waals surface area contributed by atoms with Crippen LogP contribution in [-0.4, -0.2) is 31.4 Å². The topological polar surface area (TPSA) is 23.6 Å². The molecule has 1 amide bonds. The van der Waals surface area contributed by atoms with Crippen molar-refractivity contribution < 1.29 is 4.79 Å². The average Bonchev–Trinajstić information content (AvgIpc) is 3.15. The first kappa shape index (κ1) is 16.4. The van der Waals surface area contributed by atoms with Crippen molar-refractivity contribution in [2.45, 2.75) is 45.6 Å². The van der Waals surface area contributed by atoms with E-state index < -0.39 is 0 Å². The molecule has 0 spiro atoms. The Morgan fingerprint density at radius 1 is 1.13 bits per heavy atom. The van der Waals surface area contributed by atoms with Crippen LogP contribution in [0.5, 0.6) is 0 Å². The molecule has 3 unspecified atom stereocenters. The SMILES string of the molecule is CCN(Cc1ccc(N(C)C)cc1)C(=O)CC1CC2CCC1C2. The molecular formula is C20H30N2O. The zero-order chi connectivity index (χ0) is 16.4. The summed E-state index contributed by atoms with van der Waals surface area (Å²) in [6.07, 6.45) is 6.22. The van der Waals surface area contributed by atoms with E-state index in [0.717, 1.165) is 31.3 Å². The second-order valence-electron chi connectivity index (χ2n) is 7.61. The van der Waals surface area contributed by atoms with Gasteiger partial charge in [-0.05, 0) is 61.6 Å². The Bertz CT molecular complexity index is 537. The van der Waals surface area contributed by atoms with Gasteiger partial charge in [0.2, 0.25) is 5.91 Å². The fraction of sp³-hybridized carbons (Fsp3) is 0.650. The number of benzene rings is 1. The van der Waals surface area contributed by atoms with Crippen LogP contribution in [0, 0.1) is 17.8 Å². The first-order valence-corrected chi connectivity index (χ1v) is 9.10. The molecule has 1 aromatic carbocycles. The monoisotopic (exact) mass is 314 g/mol. The molecule has 0 aliphatic heterocycles. The van der Waals surface area contributed by atoms with Gasteiger partial charge < -0.3 is 9.80 Å². The van der Waals surface area contributed by atoms with Gasteiger partial charge in [0, 0.05) is 39.3 Å². The Balaban J connectivity index is 1.57. The second-order valence-corrected chi connectivity index (χ2v) is 7.61. The number of rotatable bonds is 6. The van der Waals surface area contributed by atoms with Crippen LogP contribution in [0.3, 0.4) is 0 Å². The summed E-state index contributed by atoms with van der Waals surface area (Å²) in [5, 5.41) is 0. The highest BCUT2D eigenvalue weighted by atomic mass is 16.2. The minimum absolute atomic E-state index is 0.349. The molecule has 2 bridgehead atoms. The Morgan fingerprint density at radius 3 is 2.39 bits per heavy atom. The molecule has 3 atom stereocenters. The van der Waals surface area contributed by atoms with E-state index in [0.29, 0.717) is 11.8 Å². The van der Waals surface area contributed by atoms with E-state index in [9.17, 15) is 4.79 Å². The van der Waals surface area contributed by atoms with Crippen molar-refractivity contribution >= 4 is 11.6 Å². The number of carbonyl (C=O) groups excluding carboxylic acids is 1. The van der Waals surface area contributed by atoms with Crippen molar-refractivity contribution in [2.24, 2.45) is 17.8 Å². The van der Waals surface area contributed by atoms with E-state index in [2.05, 4.69) is 36.1 Å². The molecule has 2 aliphatic carbocycles. The molecule has 3 nitrogen and oxygen atoms in total. The Hall–Kier alpha value is -1.51. The van der Waals surface area contributed by atoms with Crippen LogP contribution < -0.4 is 4.90 Å². The lowest BCUT2D eigenvalue weighted by atomic mass is 9.86. The Kier molecular flexibility index (Phi) is 4.93. The van der Waals surface area contributed by atoms with Crippen molar-refractivity contribution in [3.8, 4) is 0 Å². The quantitative estimate of drug-likeness (QED) is 0.794. The van der Waals surface area contributed by atoms with E-state index in [-0.39, 0.29) is 0 Å². The minimum atomic E-state index is 0.349. The molecule has 1 aromatic rings. The van der Waals surface area contributed by atoms with Crippen molar-refractivity contribution in [2.75, 3.05) is 25.5 Å². The van der Waals surface area contributed by atoms with E-state index >= 15 is 0 Å². The van der Waals surface area contributed by atoms with Gasteiger partial charge in [0.25, 0.3) is 0 Å². The number of amides is 1. The summed E-state index contributed by atoms with van der Waals surface area (Å²) in [6.45, 7) is 3.63. The highest BCUT2D eigenvalue weighted by Crippen LogP contribution is 2.49. The van der Waals surface area contributed by atoms with E-state index in [1.54, 1.807) is 0 Å². The molecule has 3 rings (SSSR count). The molecular weight excluding hydrogens is 284 g/mol. The van der Waals surface area contributed by atoms with Gasteiger partial charge in [-0.25, -0.2) is 0 Å². The first-order valence-electron chi connectivity index (χ1n) is 9.10. The van der Waals surface area contributed by atoms with Crippen LogP contribution in [0.2, 0.25) is 0 Å². The number of carbonyl (C=O) groups is 1. The van der Waals surface area contributed by atoms with Gasteiger partial charge in [-0.1, -0.05) is 18.6 Å². The highest BCUT2D eigenvalue weighted by molar-refractivity contribution is 5.76. The maximum Gasteiger partial charge on any atom is 0.223 e. The fourth-order valence-corrected chi connectivity index (χ4v) is 4.48. The molecule has 23 heavy (non-hydrogen) atoms. The zero-order valence-corrected chi connectivity index (χ0v) is 14.8. The first-order chi connectivity index (χ1) is 11.1. The standard InChI is InChI=1S/C20H30N2O/c1-4-22(14-15-6-9-19(10-7-15)21(2)3)20(23)13-18-12-16-5-8-17(18)11-16/h6-7,9-10,16-18H,4-5,8,11-14H2,1-3H3. The van der Waals surface area contributed by atoms with Crippen LogP contribution in [0.4, 0.5) is 5.69 Å². The van der Waals surface area contributed by atoms with Crippen LogP contribution >= 0.6 is 0 Å². The molecule has 0 aromatic heterocycles. The largest absolute Gasteiger partial charge is 0.378 e. The number of hydrogen-bond donors (Lipinski definition) is 0. The molecule has 126 valence electrons. The molecule has 2 fully saturated rings. The molecule has 0 saturated heterocycles. The van der Waals surface area contributed by atoms with Crippen molar-refractivity contribution in [1.29, 1.82) is 0 Å². The van der Waals surface area contributed by atoms with Gasteiger partial charge in [0.15, 0.2) is 0 Å². The highest BCUT2D eigenvalue weighted by Gasteiger charge is 2.40. The number of fused-ring (bicyclic) bond motifs is 2. The van der Waals surface area contributed by atoms with E-state index in [4.69, 9.17) is 0 Å². The lowest BCUT2D eigenvalue weighted by Gasteiger charge is -2.26. The third kappa shape index (κ3) is 3.70. The van der Waals surface area contributed by atoms with Gasteiger partial charge in [-0.3, -0.25) is 4.79 Å². The van der Waals surface area contributed by atoms with Gasteiger partial charge >= 0.3 is 0 Å². The zero-order valence-electron chi connectivity index (χ0n) is 14.8. The Morgan fingerprint density at radius 2 is 1.87 bits per heavy atom. The van der Waals surface area contributed by atoms with Crippen LogP contribution in [0.25, 0.3) is 0 Å². The maximum absolute atomic E-state index is 12.7. The minimum Gasteiger partial charge on any atom is -0.378 e.